The third-order valence-corrected chi connectivity index (χ3v) is 9.77. The van der Waals surface area contributed by atoms with Gasteiger partial charge in [-0.05, 0) is 140 Å². The Kier molecular flexibility index (Phi) is 5.17. The van der Waals surface area contributed by atoms with Crippen molar-refractivity contribution >= 4 is 64.6 Å². The van der Waals surface area contributed by atoms with E-state index in [1.807, 2.05) is 25.1 Å². The van der Waals surface area contributed by atoms with Gasteiger partial charge in [-0.15, -0.1) is 0 Å². The van der Waals surface area contributed by atoms with Crippen molar-refractivity contribution in [2.75, 3.05) is 0 Å². The van der Waals surface area contributed by atoms with E-state index in [4.69, 9.17) is 0 Å². The number of hydrogen-bond donors (Lipinski definition) is 0. The average Bonchev–Trinajstić information content (AvgIpc) is 3.47. The van der Waals surface area contributed by atoms with Crippen molar-refractivity contribution in [1.29, 1.82) is 0 Å². The van der Waals surface area contributed by atoms with Crippen molar-refractivity contribution in [3.63, 3.8) is 0 Å². The van der Waals surface area contributed by atoms with Crippen LogP contribution >= 0.6 is 0 Å². The summed E-state index contributed by atoms with van der Waals surface area (Å²) < 4.78 is 1.43. The predicted molar refractivity (Wildman–Crippen MR) is 175 cm³/mol. The van der Waals surface area contributed by atoms with E-state index in [-0.39, 0.29) is 11.1 Å². The topological polar surface area (TPSA) is 39.1 Å². The van der Waals surface area contributed by atoms with E-state index < -0.39 is 0 Å². The van der Waals surface area contributed by atoms with Crippen LogP contribution in [0.5, 0.6) is 0 Å². The largest absolute Gasteiger partial charge is 0.268 e. The molecular weight excluding hydrogens is 502 g/mol. The molecule has 1 heterocycles. The number of aryl methyl sites for hydroxylation is 4. The van der Waals surface area contributed by atoms with E-state index >= 15 is 0 Å². The lowest BCUT2D eigenvalue weighted by molar-refractivity contribution is 0.799. The van der Waals surface area contributed by atoms with E-state index in [1.165, 1.54) is 48.0 Å². The molecule has 8 rings (SSSR count). The summed E-state index contributed by atoms with van der Waals surface area (Å²) >= 11 is 0. The fourth-order valence-electron chi connectivity index (χ4n) is 7.58. The first kappa shape index (κ1) is 24.5. The molecule has 0 saturated heterocycles. The van der Waals surface area contributed by atoms with Crippen LogP contribution in [0.3, 0.4) is 0 Å². The molecule has 3 nitrogen and oxygen atoms in total. The van der Waals surface area contributed by atoms with Gasteiger partial charge in [0.05, 0.1) is 16.5 Å². The highest BCUT2D eigenvalue weighted by Crippen LogP contribution is 2.51. The van der Waals surface area contributed by atoms with E-state index in [1.54, 1.807) is 0 Å². The van der Waals surface area contributed by atoms with Gasteiger partial charge in [-0.1, -0.05) is 57.0 Å². The Balaban J connectivity index is 1.66. The van der Waals surface area contributed by atoms with Gasteiger partial charge in [0.15, 0.2) is 0 Å². The Morgan fingerprint density at radius 1 is 0.537 bits per heavy atom. The first-order valence-corrected chi connectivity index (χ1v) is 15.2. The molecule has 8 aromatic rings. The second kappa shape index (κ2) is 8.63. The minimum Gasteiger partial charge on any atom is -0.268 e. The number of fused-ring (bicyclic) bond motifs is 3. The summed E-state index contributed by atoms with van der Waals surface area (Å²) in [6.45, 7) is 8.53. The number of nitrogens with zero attached hydrogens (tertiary/aromatic N) is 1. The molecule has 0 aliphatic carbocycles. The molecule has 0 saturated carbocycles. The van der Waals surface area contributed by atoms with Gasteiger partial charge >= 0.3 is 0 Å². The summed E-state index contributed by atoms with van der Waals surface area (Å²) in [5.41, 5.74) is 5.02. The number of hydrogen-bond acceptors (Lipinski definition) is 2. The fraction of sp³-hybridized carbons (Fsp3) is 0.263. The number of aromatic nitrogens is 1. The smallest absolute Gasteiger partial charge is 0.266 e. The second-order valence-corrected chi connectivity index (χ2v) is 12.2. The Bertz CT molecular complexity index is 2260. The average molecular weight is 536 g/mol. The molecule has 0 N–H and O–H groups in total. The summed E-state index contributed by atoms with van der Waals surface area (Å²) in [6.07, 6.45) is 6.30. The highest BCUT2D eigenvalue weighted by molar-refractivity contribution is 6.48. The second-order valence-electron chi connectivity index (χ2n) is 12.2. The molecule has 0 atom stereocenters. The normalized spacial score (nSPS) is 12.7. The summed E-state index contributed by atoms with van der Waals surface area (Å²) in [5, 5.41) is 13.1. The third kappa shape index (κ3) is 3.09. The molecule has 202 valence electrons. The number of benzene rings is 6. The molecule has 0 amide bonds. The van der Waals surface area contributed by atoms with E-state index in [2.05, 4.69) is 57.2 Å². The first-order valence-electron chi connectivity index (χ1n) is 15.2. The van der Waals surface area contributed by atoms with Crippen LogP contribution in [-0.4, -0.2) is 4.57 Å². The summed E-state index contributed by atoms with van der Waals surface area (Å²) in [5.74, 6) is 0. The molecule has 0 radical (unpaired) electrons. The van der Waals surface area contributed by atoms with Crippen LogP contribution in [0.15, 0.2) is 64.2 Å². The van der Waals surface area contributed by atoms with Crippen LogP contribution in [0.1, 0.15) is 61.8 Å². The maximum Gasteiger partial charge on any atom is 0.266 e. The Hall–Kier alpha value is -4.24. The zero-order valence-corrected chi connectivity index (χ0v) is 24.2. The maximum atomic E-state index is 14.4. The van der Waals surface area contributed by atoms with Gasteiger partial charge in [0.2, 0.25) is 0 Å². The van der Waals surface area contributed by atoms with Crippen LogP contribution in [0.2, 0.25) is 0 Å². The zero-order valence-electron chi connectivity index (χ0n) is 24.2. The van der Waals surface area contributed by atoms with Gasteiger partial charge in [-0.25, -0.2) is 4.57 Å². The fourth-order valence-corrected chi connectivity index (χ4v) is 7.58. The van der Waals surface area contributed by atoms with Gasteiger partial charge < -0.3 is 0 Å². The van der Waals surface area contributed by atoms with Gasteiger partial charge in [0.25, 0.3) is 11.1 Å². The molecule has 0 aliphatic heterocycles. The zero-order chi connectivity index (χ0) is 28.2. The van der Waals surface area contributed by atoms with Gasteiger partial charge in [0.1, 0.15) is 0 Å². The predicted octanol–water partition coefficient (Wildman–Crippen LogP) is 9.17. The van der Waals surface area contributed by atoms with E-state index in [0.29, 0.717) is 16.5 Å². The van der Waals surface area contributed by atoms with Crippen LogP contribution in [0, 0.1) is 13.8 Å². The SMILES string of the molecule is CCCCc1cc2c3c(=O)n(-c4ccc(C)c(C)c4)c(=O)c3c3cc(CCCC)c4ccc5ccc1c1c5c4c3c21. The molecule has 0 aliphatic rings. The van der Waals surface area contributed by atoms with Crippen LogP contribution in [0.25, 0.3) is 70.3 Å². The van der Waals surface area contributed by atoms with Crippen LogP contribution in [-0.2, 0) is 12.8 Å². The minimum atomic E-state index is -0.200. The Morgan fingerprint density at radius 2 is 1.05 bits per heavy atom. The van der Waals surface area contributed by atoms with Crippen molar-refractivity contribution in [1.82, 2.24) is 4.57 Å². The molecule has 0 spiro atoms. The molecule has 41 heavy (non-hydrogen) atoms. The molecule has 3 heteroatoms. The molecule has 7 aromatic carbocycles. The van der Waals surface area contributed by atoms with E-state index in [9.17, 15) is 9.59 Å². The summed E-state index contributed by atoms with van der Waals surface area (Å²) in [6, 6.07) is 19.5. The maximum absolute atomic E-state index is 14.4. The monoisotopic (exact) mass is 535 g/mol. The standard InChI is InChI=1S/C38H33NO2/c1-5-7-9-23-18-28-33-31-26(23)15-12-22-13-16-27-24(10-8-6-2)19-29(34(33)32(27)30(22)31)36-35(28)37(40)39(38(36)41)25-14-11-20(3)21(4)17-25/h11-19H,5-10H2,1-4H3. The number of rotatable bonds is 7. The molecule has 0 unspecified atom stereocenters. The highest BCUT2D eigenvalue weighted by atomic mass is 16.2. The third-order valence-electron chi connectivity index (χ3n) is 9.77. The molecule has 0 bridgehead atoms. The Morgan fingerprint density at radius 3 is 1.54 bits per heavy atom. The highest BCUT2D eigenvalue weighted by Gasteiger charge is 2.28. The molecular formula is C38H33NO2. The minimum absolute atomic E-state index is 0.200. The Labute approximate surface area is 238 Å². The van der Waals surface area contributed by atoms with Crippen molar-refractivity contribution in [3.05, 3.63) is 97.6 Å². The molecule has 1 aromatic heterocycles. The first-order chi connectivity index (χ1) is 19.9. The lowest BCUT2D eigenvalue weighted by atomic mass is 9.90. The van der Waals surface area contributed by atoms with E-state index in [0.717, 1.165) is 71.2 Å². The quantitative estimate of drug-likeness (QED) is 0.191. The van der Waals surface area contributed by atoms with Crippen molar-refractivity contribution in [3.8, 4) is 5.69 Å². The summed E-state index contributed by atoms with van der Waals surface area (Å²) in [4.78, 5) is 28.9. The van der Waals surface area contributed by atoms with Crippen LogP contribution < -0.4 is 11.1 Å². The van der Waals surface area contributed by atoms with Gasteiger partial charge in [0, 0.05) is 0 Å². The van der Waals surface area contributed by atoms with Crippen molar-refractivity contribution in [2.45, 2.75) is 66.2 Å². The van der Waals surface area contributed by atoms with Crippen molar-refractivity contribution in [2.24, 2.45) is 0 Å². The van der Waals surface area contributed by atoms with Crippen LogP contribution in [0.4, 0.5) is 0 Å². The lowest BCUT2D eigenvalue weighted by Gasteiger charge is -2.12. The van der Waals surface area contributed by atoms with Crippen molar-refractivity contribution < 1.29 is 0 Å². The number of unbranched alkanes of at least 4 members (excludes halogenated alkanes) is 2. The molecule has 0 fully saturated rings. The lowest BCUT2D eigenvalue weighted by Crippen LogP contribution is -2.23. The van der Waals surface area contributed by atoms with Gasteiger partial charge in [-0.2, -0.15) is 0 Å². The summed E-state index contributed by atoms with van der Waals surface area (Å²) in [7, 11) is 0. The van der Waals surface area contributed by atoms with Gasteiger partial charge in [-0.3, -0.25) is 9.59 Å².